The minimum atomic E-state index is -0.220. The maximum Gasteiger partial charge on any atom is 0.270 e. The van der Waals surface area contributed by atoms with E-state index in [9.17, 15) is 4.79 Å². The fourth-order valence-electron chi connectivity index (χ4n) is 2.07. The van der Waals surface area contributed by atoms with Crippen molar-refractivity contribution < 1.29 is 9.90 Å². The van der Waals surface area contributed by atoms with Crippen molar-refractivity contribution >= 4 is 11.6 Å². The molecule has 1 amide bonds. The van der Waals surface area contributed by atoms with Crippen molar-refractivity contribution in [2.24, 2.45) is 0 Å². The number of carbonyl (C=O) groups is 1. The van der Waals surface area contributed by atoms with Crippen LogP contribution in [0.1, 0.15) is 35.1 Å². The number of aliphatic hydroxyl groups is 1. The Morgan fingerprint density at radius 3 is 2.84 bits per heavy atom. The Balaban J connectivity index is 2.41. The number of imidazole rings is 1. The quantitative estimate of drug-likeness (QED) is 0.875. The maximum atomic E-state index is 12.3. The summed E-state index contributed by atoms with van der Waals surface area (Å²) in [5.74, 6) is -0.198. The molecule has 0 aromatic carbocycles. The van der Waals surface area contributed by atoms with E-state index in [1.165, 1.54) is 0 Å². The first kappa shape index (κ1) is 13.5. The van der Waals surface area contributed by atoms with Crippen LogP contribution in [0, 0.1) is 13.8 Å². The number of aromatic nitrogens is 2. The Labute approximate surface area is 112 Å². The van der Waals surface area contributed by atoms with E-state index in [2.05, 4.69) is 10.3 Å². The van der Waals surface area contributed by atoms with E-state index in [0.717, 1.165) is 11.2 Å². The van der Waals surface area contributed by atoms with Crippen LogP contribution in [0.4, 0.5) is 0 Å². The lowest BCUT2D eigenvalue weighted by molar-refractivity contribution is 0.0908. The van der Waals surface area contributed by atoms with Crippen LogP contribution in [0.2, 0.25) is 0 Å². The average molecular weight is 261 g/mol. The third-order valence-corrected chi connectivity index (χ3v) is 3.20. The minimum Gasteiger partial charge on any atom is -0.394 e. The molecule has 102 valence electrons. The van der Waals surface area contributed by atoms with Crippen molar-refractivity contribution in [2.75, 3.05) is 6.61 Å². The second-order valence-electron chi connectivity index (χ2n) is 4.74. The number of aliphatic hydroxyl groups excluding tert-OH is 1. The minimum absolute atomic E-state index is 0.0585. The predicted molar refractivity (Wildman–Crippen MR) is 73.3 cm³/mol. The van der Waals surface area contributed by atoms with Crippen LogP contribution in [-0.2, 0) is 0 Å². The van der Waals surface area contributed by atoms with Gasteiger partial charge in [-0.2, -0.15) is 0 Å². The van der Waals surface area contributed by atoms with E-state index < -0.39 is 0 Å². The van der Waals surface area contributed by atoms with Gasteiger partial charge in [-0.05, 0) is 31.9 Å². The molecule has 5 heteroatoms. The molecule has 2 aromatic rings. The molecule has 0 aliphatic heterocycles. The largest absolute Gasteiger partial charge is 0.394 e. The molecule has 1 atom stereocenters. The van der Waals surface area contributed by atoms with Gasteiger partial charge in [0.1, 0.15) is 11.3 Å². The van der Waals surface area contributed by atoms with Gasteiger partial charge in [0.05, 0.1) is 18.3 Å². The van der Waals surface area contributed by atoms with E-state index >= 15 is 0 Å². The zero-order valence-corrected chi connectivity index (χ0v) is 11.5. The summed E-state index contributed by atoms with van der Waals surface area (Å²) in [4.78, 5) is 16.7. The van der Waals surface area contributed by atoms with Crippen molar-refractivity contribution in [1.29, 1.82) is 0 Å². The lowest BCUT2D eigenvalue weighted by Gasteiger charge is -2.14. The highest BCUT2D eigenvalue weighted by molar-refractivity contribution is 5.94. The Kier molecular flexibility index (Phi) is 3.85. The van der Waals surface area contributed by atoms with E-state index in [1.54, 1.807) is 4.40 Å². The normalized spacial score (nSPS) is 12.6. The lowest BCUT2D eigenvalue weighted by Crippen LogP contribution is -2.37. The third kappa shape index (κ3) is 2.61. The number of rotatable bonds is 4. The molecule has 2 aromatic heterocycles. The van der Waals surface area contributed by atoms with Gasteiger partial charge in [-0.3, -0.25) is 9.20 Å². The smallest absolute Gasteiger partial charge is 0.270 e. The summed E-state index contributed by atoms with van der Waals surface area (Å²) in [7, 11) is 0. The molecular formula is C14H19N3O2. The van der Waals surface area contributed by atoms with E-state index in [1.807, 2.05) is 39.1 Å². The van der Waals surface area contributed by atoms with Gasteiger partial charge in [0.15, 0.2) is 0 Å². The van der Waals surface area contributed by atoms with E-state index in [4.69, 9.17) is 5.11 Å². The topological polar surface area (TPSA) is 66.6 Å². The van der Waals surface area contributed by atoms with Crippen molar-refractivity contribution in [3.8, 4) is 0 Å². The van der Waals surface area contributed by atoms with Crippen LogP contribution in [0.5, 0.6) is 0 Å². The van der Waals surface area contributed by atoms with Gasteiger partial charge in [0, 0.05) is 6.20 Å². The summed E-state index contributed by atoms with van der Waals surface area (Å²) in [5, 5.41) is 12.0. The number of amides is 1. The summed E-state index contributed by atoms with van der Waals surface area (Å²) in [6, 6.07) is 3.64. The van der Waals surface area contributed by atoms with E-state index in [-0.39, 0.29) is 18.6 Å². The van der Waals surface area contributed by atoms with Gasteiger partial charge in [0.25, 0.3) is 5.91 Å². The van der Waals surface area contributed by atoms with Gasteiger partial charge in [0.2, 0.25) is 0 Å². The Bertz CT molecular complexity index is 600. The summed E-state index contributed by atoms with van der Waals surface area (Å²) in [5.41, 5.74) is 3.04. The molecule has 0 saturated carbocycles. The second kappa shape index (κ2) is 5.40. The van der Waals surface area contributed by atoms with Crippen LogP contribution < -0.4 is 5.32 Å². The van der Waals surface area contributed by atoms with E-state index in [0.29, 0.717) is 17.8 Å². The summed E-state index contributed by atoms with van der Waals surface area (Å²) < 4.78 is 1.80. The summed E-state index contributed by atoms with van der Waals surface area (Å²) >= 11 is 0. The number of aryl methyl sites for hydroxylation is 2. The highest BCUT2D eigenvalue weighted by Gasteiger charge is 2.18. The van der Waals surface area contributed by atoms with Gasteiger partial charge < -0.3 is 10.4 Å². The van der Waals surface area contributed by atoms with Crippen LogP contribution in [-0.4, -0.2) is 33.0 Å². The van der Waals surface area contributed by atoms with Gasteiger partial charge in [-0.25, -0.2) is 4.98 Å². The molecule has 2 rings (SSSR count). The molecule has 0 radical (unpaired) electrons. The molecule has 2 heterocycles. The van der Waals surface area contributed by atoms with Crippen molar-refractivity contribution in [3.05, 3.63) is 35.3 Å². The zero-order valence-electron chi connectivity index (χ0n) is 11.5. The number of nitrogens with one attached hydrogen (secondary N) is 1. The number of pyridine rings is 1. The van der Waals surface area contributed by atoms with Gasteiger partial charge in [-0.15, -0.1) is 0 Å². The number of nitrogens with zero attached hydrogens (tertiary/aromatic N) is 2. The number of hydrogen-bond acceptors (Lipinski definition) is 3. The van der Waals surface area contributed by atoms with Crippen LogP contribution in [0.25, 0.3) is 5.65 Å². The molecule has 0 saturated heterocycles. The number of fused-ring (bicyclic) bond motifs is 1. The van der Waals surface area contributed by atoms with Crippen molar-refractivity contribution in [2.45, 2.75) is 33.2 Å². The number of hydrogen-bond donors (Lipinski definition) is 2. The maximum absolute atomic E-state index is 12.3. The molecule has 1 unspecified atom stereocenters. The molecule has 0 aliphatic rings. The SMILES string of the molecule is CCC(CO)NC(=O)c1c(C)nc2ccc(C)cn12. The first-order valence-corrected chi connectivity index (χ1v) is 6.43. The fourth-order valence-corrected chi connectivity index (χ4v) is 2.07. The molecule has 0 fully saturated rings. The van der Waals surface area contributed by atoms with Gasteiger partial charge in [-0.1, -0.05) is 13.0 Å². The third-order valence-electron chi connectivity index (χ3n) is 3.20. The first-order chi connectivity index (χ1) is 9.06. The molecule has 0 bridgehead atoms. The standard InChI is InChI=1S/C14H19N3O2/c1-4-11(8-18)16-14(19)13-10(3)15-12-6-5-9(2)7-17(12)13/h5-7,11,18H,4,8H2,1-3H3,(H,16,19). The van der Waals surface area contributed by atoms with Crippen LogP contribution in [0.3, 0.4) is 0 Å². The summed E-state index contributed by atoms with van der Waals surface area (Å²) in [6.45, 7) is 5.65. The second-order valence-corrected chi connectivity index (χ2v) is 4.74. The molecule has 2 N–H and O–H groups in total. The average Bonchev–Trinajstić information content (AvgIpc) is 2.71. The molecular weight excluding hydrogens is 242 g/mol. The highest BCUT2D eigenvalue weighted by Crippen LogP contribution is 2.13. The predicted octanol–water partition coefficient (Wildman–Crippen LogP) is 1.45. The Morgan fingerprint density at radius 2 is 2.21 bits per heavy atom. The monoisotopic (exact) mass is 261 g/mol. The van der Waals surface area contributed by atoms with Crippen LogP contribution in [0.15, 0.2) is 18.3 Å². The summed E-state index contributed by atoms with van der Waals surface area (Å²) in [6.07, 6.45) is 2.58. The van der Waals surface area contributed by atoms with Crippen LogP contribution >= 0.6 is 0 Å². The highest BCUT2D eigenvalue weighted by atomic mass is 16.3. The lowest BCUT2D eigenvalue weighted by atomic mass is 10.2. The Morgan fingerprint density at radius 1 is 1.47 bits per heavy atom. The molecule has 5 nitrogen and oxygen atoms in total. The van der Waals surface area contributed by atoms with Crippen molar-refractivity contribution in [1.82, 2.24) is 14.7 Å². The molecule has 19 heavy (non-hydrogen) atoms. The molecule has 0 spiro atoms. The number of carbonyl (C=O) groups excluding carboxylic acids is 1. The Hall–Kier alpha value is -1.88. The fraction of sp³-hybridized carbons (Fsp3) is 0.429. The first-order valence-electron chi connectivity index (χ1n) is 6.43. The molecule has 0 aliphatic carbocycles. The van der Waals surface area contributed by atoms with Crippen molar-refractivity contribution in [3.63, 3.8) is 0 Å². The van der Waals surface area contributed by atoms with Gasteiger partial charge >= 0.3 is 0 Å². The zero-order chi connectivity index (χ0) is 14.0.